The Bertz CT molecular complexity index is 1050. The van der Waals surface area contributed by atoms with Crippen LogP contribution < -0.4 is 0 Å². The molecule has 0 aliphatic heterocycles. The Morgan fingerprint density at radius 3 is 1.88 bits per heavy atom. The fraction of sp³-hybridized carbons (Fsp3) is 0. The van der Waals surface area contributed by atoms with Gasteiger partial charge in [-0.1, -0.05) is 0 Å². The summed E-state index contributed by atoms with van der Waals surface area (Å²) >= 11 is -2.80. The summed E-state index contributed by atoms with van der Waals surface area (Å²) < 4.78 is 103. The second-order valence-corrected chi connectivity index (χ2v) is 8.69. The zero-order valence-corrected chi connectivity index (χ0v) is 13.8. The molecule has 2 N–H and O–H groups in total. The molecule has 24 heavy (non-hydrogen) atoms. The third-order valence-corrected chi connectivity index (χ3v) is 6.20. The zero-order chi connectivity index (χ0) is 18.3. The number of hydrogen-bond acceptors (Lipinski definition) is 5. The van der Waals surface area contributed by atoms with Crippen LogP contribution in [0.25, 0.3) is 0 Å². The topological polar surface area (TPSA) is 126 Å². The summed E-state index contributed by atoms with van der Waals surface area (Å²) in [5, 5.41) is 0. The molecular weight excluding hydrogens is 390 g/mol. The first kappa shape index (κ1) is 18.6. The molecule has 12 heteroatoms. The number of rotatable bonds is 4. The maximum Gasteiger partial charge on any atom is 0.297 e. The predicted molar refractivity (Wildman–Crippen MR) is 77.1 cm³/mol. The lowest BCUT2D eigenvalue weighted by Crippen LogP contribution is -2.08. The quantitative estimate of drug-likeness (QED) is 0.455. The van der Waals surface area contributed by atoms with Gasteiger partial charge in [0.2, 0.25) is 9.84 Å². The number of sulfone groups is 1. The van der Waals surface area contributed by atoms with Crippen molar-refractivity contribution in [2.45, 2.75) is 19.6 Å². The SMILES string of the molecule is O=S(O)c1cc(S(=O)(=O)c2ccc(F)c(S(=O)(=O)O)c2)ccc1F. The van der Waals surface area contributed by atoms with Gasteiger partial charge in [0.1, 0.15) is 21.4 Å². The molecule has 2 rings (SSSR count). The average molecular weight is 398 g/mol. The Morgan fingerprint density at radius 1 is 0.875 bits per heavy atom. The highest BCUT2D eigenvalue weighted by Crippen LogP contribution is 2.27. The minimum absolute atomic E-state index is 0.388. The molecule has 0 saturated carbocycles. The van der Waals surface area contributed by atoms with E-state index in [1.165, 1.54) is 0 Å². The van der Waals surface area contributed by atoms with E-state index in [0.717, 1.165) is 12.1 Å². The van der Waals surface area contributed by atoms with Gasteiger partial charge in [0.05, 0.1) is 9.79 Å². The molecule has 0 bridgehead atoms. The minimum Gasteiger partial charge on any atom is -0.302 e. The van der Waals surface area contributed by atoms with Crippen LogP contribution in [0.2, 0.25) is 0 Å². The van der Waals surface area contributed by atoms with Crippen molar-refractivity contribution in [1.82, 2.24) is 0 Å². The summed E-state index contributed by atoms with van der Waals surface area (Å²) in [6.45, 7) is 0. The molecule has 1 unspecified atom stereocenters. The van der Waals surface area contributed by atoms with Crippen molar-refractivity contribution in [2.24, 2.45) is 0 Å². The van der Waals surface area contributed by atoms with Gasteiger partial charge in [-0.05, 0) is 36.4 Å². The van der Waals surface area contributed by atoms with Crippen molar-refractivity contribution in [3.63, 3.8) is 0 Å². The van der Waals surface area contributed by atoms with Gasteiger partial charge in [0.25, 0.3) is 10.1 Å². The first-order chi connectivity index (χ1) is 10.9. The second-order valence-electron chi connectivity index (χ2n) is 4.41. The van der Waals surface area contributed by atoms with E-state index in [1.807, 2.05) is 0 Å². The van der Waals surface area contributed by atoms with E-state index in [1.54, 1.807) is 0 Å². The van der Waals surface area contributed by atoms with Crippen LogP contribution in [0.3, 0.4) is 0 Å². The summed E-state index contributed by atoms with van der Waals surface area (Å²) in [5.74, 6) is -2.49. The van der Waals surface area contributed by atoms with Gasteiger partial charge in [-0.2, -0.15) is 8.42 Å². The molecule has 2 aromatic carbocycles. The first-order valence-electron chi connectivity index (χ1n) is 5.87. The second kappa shape index (κ2) is 6.29. The maximum absolute atomic E-state index is 13.4. The third kappa shape index (κ3) is 3.52. The van der Waals surface area contributed by atoms with Crippen molar-refractivity contribution >= 4 is 31.0 Å². The monoisotopic (exact) mass is 398 g/mol. The average Bonchev–Trinajstić information content (AvgIpc) is 2.46. The number of hydrogen-bond donors (Lipinski definition) is 2. The van der Waals surface area contributed by atoms with E-state index in [2.05, 4.69) is 0 Å². The Kier molecular flexibility index (Phi) is 4.88. The van der Waals surface area contributed by atoms with Gasteiger partial charge in [0.15, 0.2) is 11.1 Å². The lowest BCUT2D eigenvalue weighted by atomic mass is 10.3. The normalized spacial score (nSPS) is 13.7. The van der Waals surface area contributed by atoms with Gasteiger partial charge in [-0.25, -0.2) is 21.4 Å². The molecule has 0 aromatic heterocycles. The highest BCUT2D eigenvalue weighted by atomic mass is 32.2. The highest BCUT2D eigenvalue weighted by molar-refractivity contribution is 7.91. The van der Waals surface area contributed by atoms with Gasteiger partial charge < -0.3 is 4.55 Å². The molecule has 0 aliphatic carbocycles. The standard InChI is InChI=1S/C12H8F2O7S3/c13-9-3-1-7(5-11(9)22(15)16)23(17,18)8-2-4-10(14)12(6-8)24(19,20)21/h1-6H,(H,15,16)(H,19,20,21). The third-order valence-electron chi connectivity index (χ3n) is 2.89. The van der Waals surface area contributed by atoms with Crippen molar-refractivity contribution in [2.75, 3.05) is 0 Å². The fourth-order valence-electron chi connectivity index (χ4n) is 1.77. The Balaban J connectivity index is 2.69. The summed E-state index contributed by atoms with van der Waals surface area (Å²) in [6.07, 6.45) is 0. The minimum atomic E-state index is -5.01. The van der Waals surface area contributed by atoms with Crippen LogP contribution in [0.4, 0.5) is 8.78 Å². The summed E-state index contributed by atoms with van der Waals surface area (Å²) in [6, 6.07) is 3.67. The molecule has 7 nitrogen and oxygen atoms in total. The van der Waals surface area contributed by atoms with Crippen molar-refractivity contribution < 1.29 is 38.9 Å². The van der Waals surface area contributed by atoms with Crippen molar-refractivity contribution in [3.8, 4) is 0 Å². The van der Waals surface area contributed by atoms with Crippen LogP contribution >= 0.6 is 0 Å². The first-order valence-corrected chi connectivity index (χ1v) is 9.90. The molecule has 2 aromatic rings. The summed E-state index contributed by atoms with van der Waals surface area (Å²) in [7, 11) is -9.48. The maximum atomic E-state index is 13.4. The van der Waals surface area contributed by atoms with E-state index in [0.29, 0.717) is 24.3 Å². The Hall–Kier alpha value is -1.73. The molecule has 0 saturated heterocycles. The van der Waals surface area contributed by atoms with Crippen LogP contribution in [0.1, 0.15) is 0 Å². The van der Waals surface area contributed by atoms with E-state index in [9.17, 15) is 29.8 Å². The fourth-order valence-corrected chi connectivity index (χ4v) is 4.28. The smallest absolute Gasteiger partial charge is 0.297 e. The molecule has 0 aliphatic rings. The Labute approximate surface area is 137 Å². The van der Waals surface area contributed by atoms with Gasteiger partial charge in [0, 0.05) is 0 Å². The number of halogens is 2. The van der Waals surface area contributed by atoms with Crippen LogP contribution in [-0.2, 0) is 31.0 Å². The van der Waals surface area contributed by atoms with E-state index >= 15 is 0 Å². The summed E-state index contributed by atoms with van der Waals surface area (Å²) in [5.41, 5.74) is 0. The van der Waals surface area contributed by atoms with E-state index < -0.39 is 62.3 Å². The van der Waals surface area contributed by atoms with Gasteiger partial charge in [-0.3, -0.25) is 4.55 Å². The predicted octanol–water partition coefficient (Wildman–Crippen LogP) is 1.62. The van der Waals surface area contributed by atoms with E-state index in [-0.39, 0.29) is 0 Å². The van der Waals surface area contributed by atoms with Gasteiger partial charge >= 0.3 is 0 Å². The highest BCUT2D eigenvalue weighted by Gasteiger charge is 2.25. The van der Waals surface area contributed by atoms with Crippen LogP contribution in [0.15, 0.2) is 56.0 Å². The molecule has 0 heterocycles. The molecule has 0 radical (unpaired) electrons. The largest absolute Gasteiger partial charge is 0.302 e. The van der Waals surface area contributed by atoms with Crippen LogP contribution in [0, 0.1) is 11.6 Å². The molecule has 0 fully saturated rings. The molecule has 1 atom stereocenters. The van der Waals surface area contributed by atoms with Gasteiger partial charge in [-0.15, -0.1) is 0 Å². The lowest BCUT2D eigenvalue weighted by Gasteiger charge is -2.08. The molecular formula is C12H8F2O7S3. The summed E-state index contributed by atoms with van der Waals surface area (Å²) in [4.78, 5) is -3.38. The Morgan fingerprint density at radius 2 is 1.38 bits per heavy atom. The van der Waals surface area contributed by atoms with Crippen molar-refractivity contribution in [1.29, 1.82) is 0 Å². The van der Waals surface area contributed by atoms with Crippen molar-refractivity contribution in [3.05, 3.63) is 48.0 Å². The molecule has 0 amide bonds. The van der Waals surface area contributed by atoms with E-state index in [4.69, 9.17) is 9.11 Å². The zero-order valence-electron chi connectivity index (χ0n) is 11.4. The van der Waals surface area contributed by atoms with Crippen LogP contribution in [-0.4, -0.2) is 30.1 Å². The molecule has 130 valence electrons. The number of benzene rings is 2. The van der Waals surface area contributed by atoms with Crippen LogP contribution in [0.5, 0.6) is 0 Å². The lowest BCUT2D eigenvalue weighted by molar-refractivity contribution is 0.472. The molecule has 0 spiro atoms.